The van der Waals surface area contributed by atoms with E-state index in [9.17, 15) is 9.18 Å². The number of carbonyl (C=O) groups is 1. The second-order valence-electron chi connectivity index (χ2n) is 4.92. The molecule has 0 spiro atoms. The van der Waals surface area contributed by atoms with E-state index in [-0.39, 0.29) is 5.91 Å². The lowest BCUT2D eigenvalue weighted by Gasteiger charge is -2.07. The van der Waals surface area contributed by atoms with E-state index in [1.807, 2.05) is 18.2 Å². The molecule has 1 amide bonds. The van der Waals surface area contributed by atoms with Crippen LogP contribution in [0.15, 0.2) is 40.9 Å². The second kappa shape index (κ2) is 5.37. The molecule has 0 saturated carbocycles. The molecule has 3 rings (SSSR count). The normalized spacial score (nSPS) is 13.1. The standard InChI is InChI=1S/C16H13BrFNO/c17-14-7-6-13(9-15(14)18)19-16(20)12-5-4-10-2-1-3-11(10)8-12/h4-9H,1-3H2,(H,19,20). The quantitative estimate of drug-likeness (QED) is 0.870. The van der Waals surface area contributed by atoms with E-state index >= 15 is 0 Å². The van der Waals surface area contributed by atoms with Crippen molar-refractivity contribution in [2.75, 3.05) is 5.32 Å². The molecule has 1 N–H and O–H groups in total. The van der Waals surface area contributed by atoms with Gasteiger partial charge in [0, 0.05) is 11.3 Å². The van der Waals surface area contributed by atoms with Crippen LogP contribution in [0.3, 0.4) is 0 Å². The van der Waals surface area contributed by atoms with Gasteiger partial charge in [-0.2, -0.15) is 0 Å². The van der Waals surface area contributed by atoms with E-state index in [4.69, 9.17) is 0 Å². The van der Waals surface area contributed by atoms with Crippen LogP contribution in [-0.2, 0) is 12.8 Å². The summed E-state index contributed by atoms with van der Waals surface area (Å²) < 4.78 is 13.8. The average molecular weight is 334 g/mol. The van der Waals surface area contributed by atoms with Crippen LogP contribution in [0.1, 0.15) is 27.9 Å². The van der Waals surface area contributed by atoms with Crippen LogP contribution in [0.4, 0.5) is 10.1 Å². The van der Waals surface area contributed by atoms with Crippen molar-refractivity contribution in [1.82, 2.24) is 0 Å². The molecule has 0 aliphatic heterocycles. The molecule has 0 saturated heterocycles. The summed E-state index contributed by atoms with van der Waals surface area (Å²) in [6.07, 6.45) is 3.27. The summed E-state index contributed by atoms with van der Waals surface area (Å²) in [4.78, 5) is 12.2. The minimum Gasteiger partial charge on any atom is -0.322 e. The lowest BCUT2D eigenvalue weighted by molar-refractivity contribution is 0.102. The van der Waals surface area contributed by atoms with Gasteiger partial charge in [-0.1, -0.05) is 6.07 Å². The summed E-state index contributed by atoms with van der Waals surface area (Å²) in [6.45, 7) is 0. The fraction of sp³-hybridized carbons (Fsp3) is 0.188. The molecule has 102 valence electrons. The first kappa shape index (κ1) is 13.3. The van der Waals surface area contributed by atoms with Gasteiger partial charge in [0.05, 0.1) is 4.47 Å². The van der Waals surface area contributed by atoms with Gasteiger partial charge >= 0.3 is 0 Å². The predicted octanol–water partition coefficient (Wildman–Crippen LogP) is 4.33. The van der Waals surface area contributed by atoms with E-state index in [1.54, 1.807) is 12.1 Å². The van der Waals surface area contributed by atoms with Gasteiger partial charge in [-0.25, -0.2) is 4.39 Å². The molecule has 2 nitrogen and oxygen atoms in total. The zero-order valence-electron chi connectivity index (χ0n) is 10.7. The maximum atomic E-state index is 13.4. The van der Waals surface area contributed by atoms with Crippen LogP contribution in [0.25, 0.3) is 0 Å². The number of benzene rings is 2. The lowest BCUT2D eigenvalue weighted by atomic mass is 10.1. The first-order valence-corrected chi connectivity index (χ1v) is 7.31. The average Bonchev–Trinajstić information content (AvgIpc) is 2.90. The maximum absolute atomic E-state index is 13.4. The molecule has 1 aliphatic rings. The smallest absolute Gasteiger partial charge is 0.255 e. The molecule has 2 aromatic rings. The number of halogens is 2. The molecule has 2 aromatic carbocycles. The number of fused-ring (bicyclic) bond motifs is 1. The first-order chi connectivity index (χ1) is 9.63. The molecule has 1 aliphatic carbocycles. The third-order valence-electron chi connectivity index (χ3n) is 3.54. The Bertz CT molecular complexity index is 684. The number of carbonyl (C=O) groups excluding carboxylic acids is 1. The molecule has 0 unspecified atom stereocenters. The highest BCUT2D eigenvalue weighted by molar-refractivity contribution is 9.10. The summed E-state index contributed by atoms with van der Waals surface area (Å²) in [5.74, 6) is -0.599. The summed E-state index contributed by atoms with van der Waals surface area (Å²) in [5.41, 5.74) is 3.65. The Morgan fingerprint density at radius 3 is 2.70 bits per heavy atom. The fourth-order valence-electron chi connectivity index (χ4n) is 2.49. The minimum atomic E-state index is -0.392. The Morgan fingerprint density at radius 1 is 1.10 bits per heavy atom. The van der Waals surface area contributed by atoms with Crippen LogP contribution < -0.4 is 5.32 Å². The molecule has 0 fully saturated rings. The molecule has 0 atom stereocenters. The Balaban J connectivity index is 1.80. The second-order valence-corrected chi connectivity index (χ2v) is 5.77. The van der Waals surface area contributed by atoms with Gasteiger partial charge in [0.15, 0.2) is 0 Å². The van der Waals surface area contributed by atoms with Crippen molar-refractivity contribution in [1.29, 1.82) is 0 Å². The van der Waals surface area contributed by atoms with Crippen LogP contribution in [0.5, 0.6) is 0 Å². The molecule has 0 aromatic heterocycles. The van der Waals surface area contributed by atoms with Crippen molar-refractivity contribution in [3.8, 4) is 0 Å². The number of aryl methyl sites for hydroxylation is 2. The van der Waals surface area contributed by atoms with E-state index in [0.717, 1.165) is 19.3 Å². The van der Waals surface area contributed by atoms with E-state index < -0.39 is 5.82 Å². The van der Waals surface area contributed by atoms with E-state index in [2.05, 4.69) is 21.2 Å². The number of hydrogen-bond acceptors (Lipinski definition) is 1. The Kier molecular flexibility index (Phi) is 3.57. The van der Waals surface area contributed by atoms with Gasteiger partial charge < -0.3 is 5.32 Å². The van der Waals surface area contributed by atoms with Gasteiger partial charge in [0.2, 0.25) is 0 Å². The number of nitrogens with one attached hydrogen (secondary N) is 1. The highest BCUT2D eigenvalue weighted by atomic mass is 79.9. The third kappa shape index (κ3) is 2.61. The topological polar surface area (TPSA) is 29.1 Å². The molecule has 4 heteroatoms. The van der Waals surface area contributed by atoms with Crippen molar-refractivity contribution in [3.05, 3.63) is 63.4 Å². The molecule has 0 heterocycles. The first-order valence-electron chi connectivity index (χ1n) is 6.52. The van der Waals surface area contributed by atoms with Crippen molar-refractivity contribution in [3.63, 3.8) is 0 Å². The maximum Gasteiger partial charge on any atom is 0.255 e. The summed E-state index contributed by atoms with van der Waals surface area (Å²) >= 11 is 3.09. The van der Waals surface area contributed by atoms with Gasteiger partial charge in [-0.3, -0.25) is 4.79 Å². The number of amides is 1. The van der Waals surface area contributed by atoms with Crippen LogP contribution in [0, 0.1) is 5.82 Å². The van der Waals surface area contributed by atoms with E-state index in [0.29, 0.717) is 15.7 Å². The minimum absolute atomic E-state index is 0.207. The fourth-order valence-corrected chi connectivity index (χ4v) is 2.74. The van der Waals surface area contributed by atoms with Crippen molar-refractivity contribution < 1.29 is 9.18 Å². The Hall–Kier alpha value is -1.68. The molecule has 20 heavy (non-hydrogen) atoms. The summed E-state index contributed by atoms with van der Waals surface area (Å²) in [7, 11) is 0. The van der Waals surface area contributed by atoms with Crippen molar-refractivity contribution >= 4 is 27.5 Å². The molecular formula is C16H13BrFNO. The lowest BCUT2D eigenvalue weighted by Crippen LogP contribution is -2.12. The SMILES string of the molecule is O=C(Nc1ccc(Br)c(F)c1)c1ccc2c(c1)CCC2. The Morgan fingerprint density at radius 2 is 1.90 bits per heavy atom. The zero-order chi connectivity index (χ0) is 14.1. The number of rotatable bonds is 2. The largest absolute Gasteiger partial charge is 0.322 e. The van der Waals surface area contributed by atoms with Crippen LogP contribution in [0.2, 0.25) is 0 Å². The van der Waals surface area contributed by atoms with Gasteiger partial charge in [-0.15, -0.1) is 0 Å². The third-order valence-corrected chi connectivity index (χ3v) is 4.18. The number of hydrogen-bond donors (Lipinski definition) is 1. The molecule has 0 radical (unpaired) electrons. The predicted molar refractivity (Wildman–Crippen MR) is 80.5 cm³/mol. The van der Waals surface area contributed by atoms with Gasteiger partial charge in [-0.05, 0) is 76.7 Å². The molecule has 0 bridgehead atoms. The van der Waals surface area contributed by atoms with Crippen molar-refractivity contribution in [2.45, 2.75) is 19.3 Å². The highest BCUT2D eigenvalue weighted by Crippen LogP contribution is 2.24. The van der Waals surface area contributed by atoms with Crippen LogP contribution in [-0.4, -0.2) is 5.91 Å². The highest BCUT2D eigenvalue weighted by Gasteiger charge is 2.14. The number of anilines is 1. The summed E-state index contributed by atoms with van der Waals surface area (Å²) in [6, 6.07) is 10.3. The zero-order valence-corrected chi connectivity index (χ0v) is 12.3. The monoisotopic (exact) mass is 333 g/mol. The molecular weight excluding hydrogens is 321 g/mol. The van der Waals surface area contributed by atoms with Gasteiger partial charge in [0.25, 0.3) is 5.91 Å². The van der Waals surface area contributed by atoms with Gasteiger partial charge in [0.1, 0.15) is 5.82 Å². The van der Waals surface area contributed by atoms with Crippen molar-refractivity contribution in [2.24, 2.45) is 0 Å². The van der Waals surface area contributed by atoms with E-state index in [1.165, 1.54) is 17.2 Å². The Labute approximate surface area is 125 Å². The van der Waals surface area contributed by atoms with Crippen LogP contribution >= 0.6 is 15.9 Å². The summed E-state index contributed by atoms with van der Waals surface area (Å²) in [5, 5.41) is 2.72.